The molecule has 34 heavy (non-hydrogen) atoms. The Balaban J connectivity index is 1.91. The number of carbonyl (C=O) groups excluding carboxylic acids is 3. The summed E-state index contributed by atoms with van der Waals surface area (Å²) < 4.78 is 0. The fourth-order valence-corrected chi connectivity index (χ4v) is 3.49. The van der Waals surface area contributed by atoms with Gasteiger partial charge in [-0.2, -0.15) is 0 Å². The molecule has 0 bridgehead atoms. The number of carbonyl (C=O) groups is 3. The third kappa shape index (κ3) is 7.21. The Bertz CT molecular complexity index is 1000. The molecule has 0 spiro atoms. The Morgan fingerprint density at radius 3 is 2.21 bits per heavy atom. The van der Waals surface area contributed by atoms with Crippen LogP contribution in [0.2, 0.25) is 0 Å². The number of rotatable bonds is 11. The number of nitrogens with one attached hydrogen (secondary N) is 2. The zero-order chi connectivity index (χ0) is 25.3. The van der Waals surface area contributed by atoms with Crippen LogP contribution in [0.1, 0.15) is 78.1 Å². The average molecular weight is 472 g/mol. The highest BCUT2D eigenvalue weighted by molar-refractivity contribution is 6.08. The van der Waals surface area contributed by atoms with E-state index in [0.29, 0.717) is 29.8 Å². The maximum Gasteiger partial charge on any atom is 0.261 e. The average Bonchev–Trinajstić information content (AvgIpc) is 2.82. The third-order valence-electron chi connectivity index (χ3n) is 5.56. The quantitative estimate of drug-likeness (QED) is 0.192. The molecule has 0 atom stereocenters. The largest absolute Gasteiger partial charge is 0.508 e. The molecule has 0 aliphatic heterocycles. The van der Waals surface area contributed by atoms with Gasteiger partial charge in [0.05, 0.1) is 5.56 Å². The van der Waals surface area contributed by atoms with Crippen LogP contribution in [0.4, 0.5) is 5.69 Å². The van der Waals surface area contributed by atoms with E-state index >= 15 is 0 Å². The number of phenols is 2. The van der Waals surface area contributed by atoms with E-state index in [1.54, 1.807) is 36.8 Å². The van der Waals surface area contributed by atoms with Gasteiger partial charge in [0, 0.05) is 37.3 Å². The van der Waals surface area contributed by atoms with Crippen LogP contribution in [0, 0.1) is 0 Å². The highest BCUT2D eigenvalue weighted by Crippen LogP contribution is 2.33. The summed E-state index contributed by atoms with van der Waals surface area (Å²) in [6.45, 7) is 4.27. The van der Waals surface area contributed by atoms with E-state index in [2.05, 4.69) is 5.32 Å². The molecule has 2 aromatic carbocycles. The lowest BCUT2D eigenvalue weighted by molar-refractivity contribution is -0.129. The Labute approximate surface area is 199 Å². The second kappa shape index (κ2) is 12.6. The molecule has 2 rings (SSSR count). The van der Waals surface area contributed by atoms with Gasteiger partial charge in [0.2, 0.25) is 5.91 Å². The first kappa shape index (κ1) is 26.7. The third-order valence-corrected chi connectivity index (χ3v) is 5.56. The molecular weight excluding hydrogens is 438 g/mol. The number of anilines is 1. The smallest absolute Gasteiger partial charge is 0.261 e. The van der Waals surface area contributed by atoms with E-state index in [0.717, 1.165) is 19.3 Å². The van der Waals surface area contributed by atoms with Gasteiger partial charge in [-0.15, -0.1) is 0 Å². The van der Waals surface area contributed by atoms with Gasteiger partial charge in [-0.3, -0.25) is 19.6 Å². The van der Waals surface area contributed by atoms with Gasteiger partial charge in [0.1, 0.15) is 11.5 Å². The topological polar surface area (TPSA) is 139 Å². The van der Waals surface area contributed by atoms with Crippen molar-refractivity contribution < 1.29 is 29.8 Å². The molecule has 0 aliphatic rings. The summed E-state index contributed by atoms with van der Waals surface area (Å²) >= 11 is 0. The van der Waals surface area contributed by atoms with E-state index in [1.165, 1.54) is 17.0 Å². The summed E-state index contributed by atoms with van der Waals surface area (Å²) in [5.74, 6) is -1.44. The zero-order valence-corrected chi connectivity index (χ0v) is 19.8. The van der Waals surface area contributed by atoms with Crippen LogP contribution >= 0.6 is 0 Å². The number of hydrogen-bond donors (Lipinski definition) is 5. The fraction of sp³-hybridized carbons (Fsp3) is 0.400. The number of nitrogens with zero attached hydrogens (tertiary/aromatic N) is 1. The Hall–Kier alpha value is -3.59. The van der Waals surface area contributed by atoms with Gasteiger partial charge in [-0.25, -0.2) is 5.48 Å². The standard InChI is InChI=1S/C25H33N3O6/c1-16(2)19-14-20(22(30)15-21(19)29)25(33)28(3)18-11-9-17(10-12-18)24(32)26-13-7-5-4-6-8-23(31)27-34/h9-12,14-16,29-30,34H,4-8,13H2,1-3H3,(H,26,32)(H,27,31). The van der Waals surface area contributed by atoms with Gasteiger partial charge in [-0.05, 0) is 54.7 Å². The Kier molecular flexibility index (Phi) is 9.88. The Morgan fingerprint density at radius 1 is 0.941 bits per heavy atom. The maximum absolute atomic E-state index is 12.9. The van der Waals surface area contributed by atoms with E-state index in [1.807, 2.05) is 13.8 Å². The zero-order valence-electron chi connectivity index (χ0n) is 19.8. The van der Waals surface area contributed by atoms with Crippen LogP contribution < -0.4 is 15.7 Å². The van der Waals surface area contributed by atoms with E-state index in [4.69, 9.17) is 5.21 Å². The first-order valence-corrected chi connectivity index (χ1v) is 11.3. The van der Waals surface area contributed by atoms with E-state index < -0.39 is 11.8 Å². The van der Waals surface area contributed by atoms with Crippen molar-refractivity contribution in [2.24, 2.45) is 0 Å². The van der Waals surface area contributed by atoms with E-state index in [-0.39, 0.29) is 35.3 Å². The van der Waals surface area contributed by atoms with Crippen molar-refractivity contribution in [1.29, 1.82) is 0 Å². The minimum Gasteiger partial charge on any atom is -0.508 e. The summed E-state index contributed by atoms with van der Waals surface area (Å²) in [5.41, 5.74) is 3.26. The van der Waals surface area contributed by atoms with Crippen molar-refractivity contribution in [2.75, 3.05) is 18.5 Å². The summed E-state index contributed by atoms with van der Waals surface area (Å²) in [4.78, 5) is 37.6. The molecule has 184 valence electrons. The molecule has 0 saturated carbocycles. The molecule has 0 aromatic heterocycles. The van der Waals surface area contributed by atoms with Crippen molar-refractivity contribution in [2.45, 2.75) is 51.9 Å². The molecule has 2 aromatic rings. The molecule has 9 nitrogen and oxygen atoms in total. The van der Waals surface area contributed by atoms with Crippen LogP contribution in [-0.4, -0.2) is 46.7 Å². The van der Waals surface area contributed by atoms with Crippen molar-refractivity contribution in [1.82, 2.24) is 10.8 Å². The van der Waals surface area contributed by atoms with Gasteiger partial charge in [0.25, 0.3) is 11.8 Å². The number of benzene rings is 2. The number of hydroxylamine groups is 1. The van der Waals surface area contributed by atoms with Gasteiger partial charge in [0.15, 0.2) is 0 Å². The van der Waals surface area contributed by atoms with E-state index in [9.17, 15) is 24.6 Å². The second-order valence-electron chi connectivity index (χ2n) is 8.45. The van der Waals surface area contributed by atoms with Gasteiger partial charge in [-0.1, -0.05) is 26.7 Å². The number of amides is 3. The molecule has 0 aliphatic carbocycles. The molecular formula is C25H33N3O6. The number of phenolic OH excluding ortho intramolecular Hbond substituents is 2. The molecule has 0 radical (unpaired) electrons. The molecule has 0 saturated heterocycles. The van der Waals surface area contributed by atoms with Crippen LogP contribution in [-0.2, 0) is 4.79 Å². The summed E-state index contributed by atoms with van der Waals surface area (Å²) in [6, 6.07) is 9.23. The first-order valence-electron chi connectivity index (χ1n) is 11.3. The fourth-order valence-electron chi connectivity index (χ4n) is 3.49. The number of unbranched alkanes of at least 4 members (excludes halogenated alkanes) is 3. The minimum atomic E-state index is -0.437. The molecule has 0 fully saturated rings. The number of hydrogen-bond acceptors (Lipinski definition) is 6. The Morgan fingerprint density at radius 2 is 1.59 bits per heavy atom. The van der Waals surface area contributed by atoms with Crippen LogP contribution in [0.3, 0.4) is 0 Å². The monoisotopic (exact) mass is 471 g/mol. The summed E-state index contributed by atoms with van der Waals surface area (Å²) in [6.07, 6.45) is 3.41. The lowest BCUT2D eigenvalue weighted by Crippen LogP contribution is -2.27. The summed E-state index contributed by atoms with van der Waals surface area (Å²) in [7, 11) is 1.57. The van der Waals surface area contributed by atoms with Crippen molar-refractivity contribution >= 4 is 23.4 Å². The van der Waals surface area contributed by atoms with Crippen molar-refractivity contribution in [3.05, 3.63) is 53.1 Å². The molecule has 0 heterocycles. The minimum absolute atomic E-state index is 0.0250. The predicted octanol–water partition coefficient (Wildman–Crippen LogP) is 3.68. The SMILES string of the molecule is CC(C)c1cc(C(=O)N(C)c2ccc(C(=O)NCCCCCCC(=O)NO)cc2)c(O)cc1O. The van der Waals surface area contributed by atoms with Crippen molar-refractivity contribution in [3.8, 4) is 11.5 Å². The van der Waals surface area contributed by atoms with Crippen LogP contribution in [0.25, 0.3) is 0 Å². The molecule has 9 heteroatoms. The highest BCUT2D eigenvalue weighted by Gasteiger charge is 2.21. The summed E-state index contributed by atoms with van der Waals surface area (Å²) in [5, 5.41) is 31.5. The lowest BCUT2D eigenvalue weighted by Gasteiger charge is -2.20. The lowest BCUT2D eigenvalue weighted by atomic mass is 9.98. The highest BCUT2D eigenvalue weighted by atomic mass is 16.5. The maximum atomic E-state index is 12.9. The second-order valence-corrected chi connectivity index (χ2v) is 8.45. The number of aromatic hydroxyl groups is 2. The molecule has 0 unspecified atom stereocenters. The molecule has 3 amide bonds. The van der Waals surface area contributed by atoms with Crippen molar-refractivity contribution in [3.63, 3.8) is 0 Å². The van der Waals surface area contributed by atoms with Gasteiger partial charge < -0.3 is 20.4 Å². The predicted molar refractivity (Wildman–Crippen MR) is 128 cm³/mol. The normalized spacial score (nSPS) is 10.7. The van der Waals surface area contributed by atoms with Gasteiger partial charge >= 0.3 is 0 Å². The van der Waals surface area contributed by atoms with Crippen LogP contribution in [0.5, 0.6) is 11.5 Å². The first-order chi connectivity index (χ1) is 16.1. The molecule has 5 N–H and O–H groups in total. The van der Waals surface area contributed by atoms with Crippen LogP contribution in [0.15, 0.2) is 36.4 Å².